The number of carbonyl (C=O) groups is 1. The lowest BCUT2D eigenvalue weighted by Gasteiger charge is -2.14. The highest BCUT2D eigenvalue weighted by Crippen LogP contribution is 2.24. The third-order valence-corrected chi connectivity index (χ3v) is 3.20. The van der Waals surface area contributed by atoms with Crippen LogP contribution in [0.3, 0.4) is 0 Å². The van der Waals surface area contributed by atoms with E-state index in [-0.39, 0.29) is 12.2 Å². The van der Waals surface area contributed by atoms with Gasteiger partial charge in [-0.3, -0.25) is 4.79 Å². The molecular weight excluding hydrogens is 259 g/mol. The molecule has 2 aromatic carbocycles. The van der Waals surface area contributed by atoms with E-state index in [1.54, 1.807) is 49.6 Å². The van der Waals surface area contributed by atoms with E-state index in [1.807, 2.05) is 0 Å². The first-order chi connectivity index (χ1) is 9.61. The molecule has 0 radical (unpaired) electrons. The number of benzene rings is 2. The average Bonchev–Trinajstić information content (AvgIpc) is 2.46. The fourth-order valence-electron chi connectivity index (χ4n) is 2.07. The summed E-state index contributed by atoms with van der Waals surface area (Å²) in [6, 6.07) is 13.0. The first-order valence-corrected chi connectivity index (χ1v) is 6.22. The van der Waals surface area contributed by atoms with Crippen molar-refractivity contribution in [1.29, 1.82) is 0 Å². The first-order valence-electron chi connectivity index (χ1n) is 6.22. The van der Waals surface area contributed by atoms with Crippen molar-refractivity contribution in [2.45, 2.75) is 12.3 Å². The topological polar surface area (TPSA) is 46.5 Å². The van der Waals surface area contributed by atoms with Gasteiger partial charge in [0.15, 0.2) is 0 Å². The predicted octanol–water partition coefficient (Wildman–Crippen LogP) is 3.25. The van der Waals surface area contributed by atoms with Crippen LogP contribution in [0.4, 0.5) is 4.39 Å². The molecule has 0 aliphatic carbocycles. The van der Waals surface area contributed by atoms with E-state index < -0.39 is 11.9 Å². The van der Waals surface area contributed by atoms with Gasteiger partial charge in [0.2, 0.25) is 0 Å². The highest BCUT2D eigenvalue weighted by Gasteiger charge is 2.21. The van der Waals surface area contributed by atoms with Gasteiger partial charge in [-0.1, -0.05) is 30.3 Å². The third kappa shape index (κ3) is 3.15. The van der Waals surface area contributed by atoms with Crippen LogP contribution in [-0.4, -0.2) is 18.2 Å². The lowest BCUT2D eigenvalue weighted by Crippen LogP contribution is -2.15. The summed E-state index contributed by atoms with van der Waals surface area (Å²) in [5, 5.41) is 9.35. The van der Waals surface area contributed by atoms with Gasteiger partial charge in [0, 0.05) is 0 Å². The van der Waals surface area contributed by atoms with Gasteiger partial charge < -0.3 is 9.84 Å². The molecule has 0 saturated carbocycles. The third-order valence-electron chi connectivity index (χ3n) is 3.20. The summed E-state index contributed by atoms with van der Waals surface area (Å²) < 4.78 is 18.7. The molecule has 0 saturated heterocycles. The maximum atomic E-state index is 13.6. The van der Waals surface area contributed by atoms with E-state index in [9.17, 15) is 14.3 Å². The first kappa shape index (κ1) is 14.1. The zero-order valence-corrected chi connectivity index (χ0v) is 11.0. The number of hydrogen-bond acceptors (Lipinski definition) is 2. The normalized spacial score (nSPS) is 11.9. The monoisotopic (exact) mass is 274 g/mol. The van der Waals surface area contributed by atoms with E-state index in [0.717, 1.165) is 0 Å². The number of methoxy groups -OCH3 is 1. The molecule has 2 aromatic rings. The molecule has 4 heteroatoms. The molecule has 20 heavy (non-hydrogen) atoms. The Balaban J connectivity index is 2.27. The van der Waals surface area contributed by atoms with Gasteiger partial charge in [0.05, 0.1) is 13.0 Å². The van der Waals surface area contributed by atoms with Crippen molar-refractivity contribution >= 4 is 5.97 Å². The van der Waals surface area contributed by atoms with Crippen LogP contribution in [0.1, 0.15) is 17.0 Å². The molecule has 0 heterocycles. The second kappa shape index (κ2) is 6.19. The zero-order chi connectivity index (χ0) is 14.5. The molecule has 0 spiro atoms. The molecule has 0 bridgehead atoms. The molecule has 1 unspecified atom stereocenters. The highest BCUT2D eigenvalue weighted by atomic mass is 19.1. The van der Waals surface area contributed by atoms with E-state index >= 15 is 0 Å². The van der Waals surface area contributed by atoms with Crippen molar-refractivity contribution < 1.29 is 19.0 Å². The second-order valence-electron chi connectivity index (χ2n) is 4.46. The van der Waals surface area contributed by atoms with Gasteiger partial charge in [-0.2, -0.15) is 0 Å². The summed E-state index contributed by atoms with van der Waals surface area (Å²) in [5.74, 6) is -1.48. The van der Waals surface area contributed by atoms with Crippen LogP contribution in [0.15, 0.2) is 48.5 Å². The number of ether oxygens (including phenoxy) is 1. The molecular formula is C16H15FO3. The van der Waals surface area contributed by atoms with Crippen LogP contribution < -0.4 is 4.74 Å². The average molecular weight is 274 g/mol. The summed E-state index contributed by atoms with van der Waals surface area (Å²) in [7, 11) is 1.54. The van der Waals surface area contributed by atoms with Crippen molar-refractivity contribution in [1.82, 2.24) is 0 Å². The predicted molar refractivity (Wildman–Crippen MR) is 73.5 cm³/mol. The maximum absolute atomic E-state index is 13.6. The minimum atomic E-state index is -0.974. The van der Waals surface area contributed by atoms with E-state index in [1.165, 1.54) is 6.07 Å². The molecule has 0 aromatic heterocycles. The van der Waals surface area contributed by atoms with Crippen molar-refractivity contribution in [3.63, 3.8) is 0 Å². The van der Waals surface area contributed by atoms with E-state index in [2.05, 4.69) is 0 Å². The van der Waals surface area contributed by atoms with Gasteiger partial charge in [-0.15, -0.1) is 0 Å². The molecule has 0 aliphatic rings. The van der Waals surface area contributed by atoms with Crippen LogP contribution in [-0.2, 0) is 11.2 Å². The number of carboxylic acids is 1. The van der Waals surface area contributed by atoms with Crippen molar-refractivity contribution in [3.8, 4) is 5.75 Å². The second-order valence-corrected chi connectivity index (χ2v) is 4.46. The minimum absolute atomic E-state index is 0.119. The lowest BCUT2D eigenvalue weighted by atomic mass is 9.92. The van der Waals surface area contributed by atoms with Crippen LogP contribution in [0.5, 0.6) is 5.75 Å². The Morgan fingerprint density at radius 2 is 1.85 bits per heavy atom. The molecule has 104 valence electrons. The Bertz CT molecular complexity index is 593. The molecule has 1 N–H and O–H groups in total. The standard InChI is InChI=1S/C16H15FO3/c1-20-13-8-6-11(7-9-13)14(16(18)19)10-12-4-2-3-5-15(12)17/h2-9,14H,10H2,1H3,(H,18,19). The Hall–Kier alpha value is -2.36. The van der Waals surface area contributed by atoms with Gasteiger partial charge >= 0.3 is 5.97 Å². The minimum Gasteiger partial charge on any atom is -0.497 e. The number of aliphatic carboxylic acids is 1. The number of hydrogen-bond donors (Lipinski definition) is 1. The quantitative estimate of drug-likeness (QED) is 0.910. The fourth-order valence-corrected chi connectivity index (χ4v) is 2.07. The van der Waals surface area contributed by atoms with Crippen molar-refractivity contribution in [3.05, 3.63) is 65.5 Å². The van der Waals surface area contributed by atoms with Crippen LogP contribution >= 0.6 is 0 Å². The molecule has 0 amide bonds. The van der Waals surface area contributed by atoms with Gasteiger partial charge in [-0.25, -0.2) is 4.39 Å². The number of carboxylic acid groups (broad SMARTS) is 1. The summed E-state index contributed by atoms with van der Waals surface area (Å²) >= 11 is 0. The number of rotatable bonds is 5. The van der Waals surface area contributed by atoms with Crippen LogP contribution in [0.25, 0.3) is 0 Å². The fraction of sp³-hybridized carbons (Fsp3) is 0.188. The lowest BCUT2D eigenvalue weighted by molar-refractivity contribution is -0.138. The SMILES string of the molecule is COc1ccc(C(Cc2ccccc2F)C(=O)O)cc1. The Morgan fingerprint density at radius 3 is 2.40 bits per heavy atom. The van der Waals surface area contributed by atoms with Gasteiger partial charge in [0.1, 0.15) is 11.6 Å². The maximum Gasteiger partial charge on any atom is 0.311 e. The Kier molecular flexibility index (Phi) is 4.35. The summed E-state index contributed by atoms with van der Waals surface area (Å²) in [6.45, 7) is 0. The molecule has 2 rings (SSSR count). The highest BCUT2D eigenvalue weighted by molar-refractivity contribution is 5.76. The molecule has 0 aliphatic heterocycles. The Labute approximate surface area is 116 Å². The molecule has 0 fully saturated rings. The van der Waals surface area contributed by atoms with Gasteiger partial charge in [-0.05, 0) is 35.7 Å². The summed E-state index contributed by atoms with van der Waals surface area (Å²) in [5.41, 5.74) is 1.03. The number of halogens is 1. The van der Waals surface area contributed by atoms with E-state index in [4.69, 9.17) is 4.74 Å². The van der Waals surface area contributed by atoms with Gasteiger partial charge in [0.25, 0.3) is 0 Å². The molecule has 1 atom stereocenters. The zero-order valence-electron chi connectivity index (χ0n) is 11.0. The van der Waals surface area contributed by atoms with Crippen molar-refractivity contribution in [2.75, 3.05) is 7.11 Å². The largest absolute Gasteiger partial charge is 0.497 e. The van der Waals surface area contributed by atoms with E-state index in [0.29, 0.717) is 16.9 Å². The summed E-state index contributed by atoms with van der Waals surface area (Å²) in [4.78, 5) is 11.4. The summed E-state index contributed by atoms with van der Waals surface area (Å²) in [6.07, 6.45) is 0.119. The van der Waals surface area contributed by atoms with Crippen molar-refractivity contribution in [2.24, 2.45) is 0 Å². The smallest absolute Gasteiger partial charge is 0.311 e. The van der Waals surface area contributed by atoms with Crippen LogP contribution in [0.2, 0.25) is 0 Å². The van der Waals surface area contributed by atoms with Crippen LogP contribution in [0, 0.1) is 5.82 Å². The Morgan fingerprint density at radius 1 is 1.20 bits per heavy atom. The molecule has 3 nitrogen and oxygen atoms in total.